The zero-order valence-electron chi connectivity index (χ0n) is 14.4. The summed E-state index contributed by atoms with van der Waals surface area (Å²) in [4.78, 5) is 46.7. The summed E-state index contributed by atoms with van der Waals surface area (Å²) in [5, 5.41) is 5.70. The molecule has 0 saturated carbocycles. The Morgan fingerprint density at radius 1 is 1.22 bits per heavy atom. The molecule has 4 rings (SSSR count). The van der Waals surface area contributed by atoms with Crippen LogP contribution >= 0.6 is 11.6 Å². The molecule has 0 unspecified atom stereocenters. The van der Waals surface area contributed by atoms with Gasteiger partial charge in [0.2, 0.25) is 17.8 Å². The normalized spacial score (nSPS) is 18.8. The quantitative estimate of drug-likeness (QED) is 0.747. The predicted molar refractivity (Wildman–Crippen MR) is 102 cm³/mol. The first-order valence-corrected chi connectivity index (χ1v) is 9.15. The number of nitrogens with one attached hydrogen (secondary N) is 3. The number of H-pyrrole nitrogens is 1. The maximum absolute atomic E-state index is 12.8. The van der Waals surface area contributed by atoms with Crippen molar-refractivity contribution in [2.75, 3.05) is 28.6 Å². The number of aromatic nitrogens is 2. The summed E-state index contributed by atoms with van der Waals surface area (Å²) >= 11 is 6.08. The number of amides is 2. The molecule has 0 spiro atoms. The fourth-order valence-corrected chi connectivity index (χ4v) is 3.63. The van der Waals surface area contributed by atoms with Gasteiger partial charge in [0.25, 0.3) is 5.56 Å². The Morgan fingerprint density at radius 3 is 2.70 bits per heavy atom. The van der Waals surface area contributed by atoms with Crippen molar-refractivity contribution in [1.29, 1.82) is 0 Å². The Morgan fingerprint density at radius 2 is 1.96 bits per heavy atom. The van der Waals surface area contributed by atoms with Crippen LogP contribution in [0, 0.1) is 0 Å². The lowest BCUT2D eigenvalue weighted by molar-refractivity contribution is -0.123. The molecule has 27 heavy (non-hydrogen) atoms. The topological polar surface area (TPSA) is 107 Å². The van der Waals surface area contributed by atoms with Gasteiger partial charge in [-0.1, -0.05) is 23.7 Å². The molecule has 3 N–H and O–H groups in total. The van der Waals surface area contributed by atoms with Gasteiger partial charge in [-0.3, -0.25) is 19.4 Å². The van der Waals surface area contributed by atoms with E-state index in [-0.39, 0.29) is 23.7 Å². The van der Waals surface area contributed by atoms with E-state index < -0.39 is 17.4 Å². The van der Waals surface area contributed by atoms with E-state index >= 15 is 0 Å². The standard InChI is InChI=1S/C18H18ClN5O3/c19-11-5-1-2-6-12(11)20-16(26)10-9-13(25)21-15-14(10)17(27)23-18(22-15)24-7-3-4-8-24/h1-2,5-6,10H,3-4,7-9H2,(H,20,26)(H2,21,22,23,25,27)/t10-/m0/s1. The van der Waals surface area contributed by atoms with Crippen molar-refractivity contribution in [2.24, 2.45) is 0 Å². The van der Waals surface area contributed by atoms with E-state index in [1.165, 1.54) is 0 Å². The average Bonchev–Trinajstić information content (AvgIpc) is 3.17. The van der Waals surface area contributed by atoms with Crippen LogP contribution in [0.2, 0.25) is 5.02 Å². The van der Waals surface area contributed by atoms with Crippen LogP contribution in [0.25, 0.3) is 0 Å². The number of fused-ring (bicyclic) bond motifs is 1. The van der Waals surface area contributed by atoms with Gasteiger partial charge in [-0.2, -0.15) is 4.98 Å². The average molecular weight is 388 g/mol. The van der Waals surface area contributed by atoms with E-state index in [0.29, 0.717) is 16.7 Å². The first-order valence-electron chi connectivity index (χ1n) is 8.77. The van der Waals surface area contributed by atoms with Crippen LogP contribution < -0.4 is 21.1 Å². The van der Waals surface area contributed by atoms with E-state index in [0.717, 1.165) is 25.9 Å². The number of aromatic amines is 1. The molecule has 1 fully saturated rings. The Hall–Kier alpha value is -2.87. The number of hydrogen-bond donors (Lipinski definition) is 3. The maximum atomic E-state index is 12.8. The molecule has 0 aliphatic carbocycles. The number of anilines is 3. The van der Waals surface area contributed by atoms with Crippen molar-refractivity contribution in [3.05, 3.63) is 45.2 Å². The zero-order chi connectivity index (χ0) is 19.0. The van der Waals surface area contributed by atoms with Crippen molar-refractivity contribution in [2.45, 2.75) is 25.2 Å². The minimum atomic E-state index is -0.936. The lowest BCUT2D eigenvalue weighted by Gasteiger charge is -2.25. The van der Waals surface area contributed by atoms with Gasteiger partial charge in [-0.15, -0.1) is 0 Å². The second kappa shape index (κ2) is 7.03. The molecule has 1 atom stereocenters. The number of para-hydroxylation sites is 1. The molecule has 2 aliphatic heterocycles. The lowest BCUT2D eigenvalue weighted by atomic mass is 9.92. The highest BCUT2D eigenvalue weighted by molar-refractivity contribution is 6.33. The van der Waals surface area contributed by atoms with E-state index in [4.69, 9.17) is 11.6 Å². The van der Waals surface area contributed by atoms with Crippen molar-refractivity contribution >= 4 is 40.9 Å². The van der Waals surface area contributed by atoms with Gasteiger partial charge in [0, 0.05) is 19.5 Å². The minimum absolute atomic E-state index is 0.128. The molecule has 1 saturated heterocycles. The van der Waals surface area contributed by atoms with E-state index in [1.807, 2.05) is 4.90 Å². The van der Waals surface area contributed by atoms with Crippen molar-refractivity contribution < 1.29 is 9.59 Å². The Bertz CT molecular complexity index is 968. The summed E-state index contributed by atoms with van der Waals surface area (Å²) in [6.07, 6.45) is 1.92. The summed E-state index contributed by atoms with van der Waals surface area (Å²) in [7, 11) is 0. The Balaban J connectivity index is 1.68. The van der Waals surface area contributed by atoms with Gasteiger partial charge >= 0.3 is 0 Å². The second-order valence-corrected chi connectivity index (χ2v) is 7.03. The van der Waals surface area contributed by atoms with Crippen LogP contribution in [0.3, 0.4) is 0 Å². The molecule has 8 nitrogen and oxygen atoms in total. The minimum Gasteiger partial charge on any atom is -0.342 e. The molecular formula is C18H18ClN5O3. The maximum Gasteiger partial charge on any atom is 0.258 e. The smallest absolute Gasteiger partial charge is 0.258 e. The van der Waals surface area contributed by atoms with Crippen LogP contribution in [-0.2, 0) is 9.59 Å². The van der Waals surface area contributed by atoms with Crippen LogP contribution in [0.1, 0.15) is 30.7 Å². The van der Waals surface area contributed by atoms with Gasteiger partial charge in [0.1, 0.15) is 5.82 Å². The summed E-state index contributed by atoms with van der Waals surface area (Å²) in [6, 6.07) is 6.79. The van der Waals surface area contributed by atoms with Crippen molar-refractivity contribution in [1.82, 2.24) is 9.97 Å². The molecule has 2 aliphatic rings. The summed E-state index contributed by atoms with van der Waals surface area (Å²) < 4.78 is 0. The highest BCUT2D eigenvalue weighted by Gasteiger charge is 2.35. The van der Waals surface area contributed by atoms with Gasteiger partial charge in [-0.25, -0.2) is 0 Å². The number of halogens is 1. The number of nitrogens with zero attached hydrogens (tertiary/aromatic N) is 2. The lowest BCUT2D eigenvalue weighted by Crippen LogP contribution is -2.37. The van der Waals surface area contributed by atoms with Crippen molar-refractivity contribution in [3.8, 4) is 0 Å². The highest BCUT2D eigenvalue weighted by atomic mass is 35.5. The summed E-state index contributed by atoms with van der Waals surface area (Å²) in [5.41, 5.74) is 0.179. The van der Waals surface area contributed by atoms with Crippen LogP contribution in [-0.4, -0.2) is 34.9 Å². The number of carbonyl (C=O) groups is 2. The van der Waals surface area contributed by atoms with E-state index in [1.54, 1.807) is 24.3 Å². The van der Waals surface area contributed by atoms with Crippen LogP contribution in [0.5, 0.6) is 0 Å². The van der Waals surface area contributed by atoms with Gasteiger partial charge < -0.3 is 15.5 Å². The first-order chi connectivity index (χ1) is 13.0. The van der Waals surface area contributed by atoms with E-state index in [9.17, 15) is 14.4 Å². The van der Waals surface area contributed by atoms with Crippen LogP contribution in [0.4, 0.5) is 17.5 Å². The predicted octanol–water partition coefficient (Wildman–Crippen LogP) is 2.09. The third kappa shape index (κ3) is 3.40. The SMILES string of the molecule is O=C1C[C@H](C(=O)Nc2ccccc2Cl)c2c(nc(N3CCCC3)[nH]c2=O)N1. The molecule has 0 radical (unpaired) electrons. The third-order valence-corrected chi connectivity index (χ3v) is 5.12. The Labute approximate surface area is 159 Å². The van der Waals surface area contributed by atoms with E-state index in [2.05, 4.69) is 20.6 Å². The number of hydrogen-bond acceptors (Lipinski definition) is 5. The summed E-state index contributed by atoms with van der Waals surface area (Å²) in [5.74, 6) is -1.19. The fraction of sp³-hybridized carbons (Fsp3) is 0.333. The molecule has 1 aromatic heterocycles. The fourth-order valence-electron chi connectivity index (χ4n) is 3.44. The molecule has 140 valence electrons. The monoisotopic (exact) mass is 387 g/mol. The number of rotatable bonds is 3. The Kier molecular flexibility index (Phi) is 4.57. The molecule has 1 aromatic carbocycles. The van der Waals surface area contributed by atoms with Crippen molar-refractivity contribution in [3.63, 3.8) is 0 Å². The van der Waals surface area contributed by atoms with Gasteiger partial charge in [-0.05, 0) is 25.0 Å². The van der Waals surface area contributed by atoms with Gasteiger partial charge in [0.05, 0.1) is 22.2 Å². The highest BCUT2D eigenvalue weighted by Crippen LogP contribution is 2.31. The molecule has 9 heteroatoms. The van der Waals surface area contributed by atoms with Crippen LogP contribution in [0.15, 0.2) is 29.1 Å². The third-order valence-electron chi connectivity index (χ3n) is 4.79. The first kappa shape index (κ1) is 17.5. The molecular weight excluding hydrogens is 370 g/mol. The zero-order valence-corrected chi connectivity index (χ0v) is 15.2. The number of benzene rings is 1. The molecule has 2 aromatic rings. The number of carbonyl (C=O) groups excluding carboxylic acids is 2. The largest absolute Gasteiger partial charge is 0.342 e. The summed E-state index contributed by atoms with van der Waals surface area (Å²) in [6.45, 7) is 1.60. The van der Waals surface area contributed by atoms with Gasteiger partial charge in [0.15, 0.2) is 0 Å². The molecule has 0 bridgehead atoms. The second-order valence-electron chi connectivity index (χ2n) is 6.62. The molecule has 2 amide bonds. The molecule has 3 heterocycles.